The lowest BCUT2D eigenvalue weighted by atomic mass is 10.1. The Hall–Kier alpha value is -0.120. The highest BCUT2D eigenvalue weighted by molar-refractivity contribution is 4.77. The molecular weight excluding hydrogens is 200 g/mol. The van der Waals surface area contributed by atoms with Crippen molar-refractivity contribution in [3.05, 3.63) is 0 Å². The maximum absolute atomic E-state index is 5.16. The predicted molar refractivity (Wildman–Crippen MR) is 68.8 cm³/mol. The Morgan fingerprint density at radius 2 is 1.81 bits per heavy atom. The van der Waals surface area contributed by atoms with Crippen LogP contribution in [-0.4, -0.2) is 49.8 Å². The molecule has 1 fully saturated rings. The van der Waals surface area contributed by atoms with E-state index in [1.54, 1.807) is 7.11 Å². The van der Waals surface area contributed by atoms with Crippen molar-refractivity contribution in [1.29, 1.82) is 0 Å². The van der Waals surface area contributed by atoms with Crippen LogP contribution in [0.4, 0.5) is 0 Å². The summed E-state index contributed by atoms with van der Waals surface area (Å²) in [5, 5.41) is 3.63. The quantitative estimate of drug-likeness (QED) is 0.795. The third-order valence-corrected chi connectivity index (χ3v) is 3.63. The summed E-state index contributed by atoms with van der Waals surface area (Å²) in [6.45, 7) is 10.2. The molecule has 0 radical (unpaired) electrons. The summed E-state index contributed by atoms with van der Waals surface area (Å²) in [6.07, 6.45) is 3.65. The maximum Gasteiger partial charge on any atom is 0.0477 e. The summed E-state index contributed by atoms with van der Waals surface area (Å²) in [5.41, 5.74) is 0. The minimum Gasteiger partial charge on any atom is -0.385 e. The van der Waals surface area contributed by atoms with Crippen molar-refractivity contribution in [2.45, 2.75) is 58.2 Å². The Balaban J connectivity index is 2.39. The highest BCUT2D eigenvalue weighted by Crippen LogP contribution is 2.11. The van der Waals surface area contributed by atoms with E-state index in [2.05, 4.69) is 31.0 Å². The van der Waals surface area contributed by atoms with Gasteiger partial charge < -0.3 is 15.0 Å². The number of methoxy groups -OCH3 is 1. The van der Waals surface area contributed by atoms with E-state index in [1.165, 1.54) is 25.9 Å². The van der Waals surface area contributed by atoms with Crippen molar-refractivity contribution >= 4 is 0 Å². The third-order valence-electron chi connectivity index (χ3n) is 3.63. The van der Waals surface area contributed by atoms with Crippen LogP contribution in [0.25, 0.3) is 0 Å². The molecule has 1 saturated heterocycles. The molecule has 1 heterocycles. The number of rotatable bonds is 4. The van der Waals surface area contributed by atoms with Gasteiger partial charge in [0.1, 0.15) is 0 Å². The zero-order chi connectivity index (χ0) is 12.0. The average Bonchev–Trinajstić information content (AvgIpc) is 2.23. The molecule has 16 heavy (non-hydrogen) atoms. The molecule has 3 nitrogen and oxygen atoms in total. The molecule has 1 aliphatic heterocycles. The van der Waals surface area contributed by atoms with Crippen molar-refractivity contribution in [2.24, 2.45) is 0 Å². The Morgan fingerprint density at radius 3 is 2.31 bits per heavy atom. The van der Waals surface area contributed by atoms with Crippen LogP contribution in [-0.2, 0) is 4.74 Å². The summed E-state index contributed by atoms with van der Waals surface area (Å²) in [5.74, 6) is 0. The van der Waals surface area contributed by atoms with Crippen LogP contribution in [0, 0.1) is 0 Å². The van der Waals surface area contributed by atoms with Gasteiger partial charge in [-0.1, -0.05) is 0 Å². The highest BCUT2D eigenvalue weighted by atomic mass is 16.5. The average molecular weight is 228 g/mol. The van der Waals surface area contributed by atoms with E-state index >= 15 is 0 Å². The van der Waals surface area contributed by atoms with Gasteiger partial charge >= 0.3 is 0 Å². The maximum atomic E-state index is 5.16. The number of hydrogen-bond donors (Lipinski definition) is 1. The zero-order valence-corrected chi connectivity index (χ0v) is 11.3. The van der Waals surface area contributed by atoms with Crippen molar-refractivity contribution in [3.8, 4) is 0 Å². The fraction of sp³-hybridized carbons (Fsp3) is 1.00. The van der Waals surface area contributed by atoms with Gasteiger partial charge in [-0.15, -0.1) is 0 Å². The van der Waals surface area contributed by atoms with Gasteiger partial charge in [0, 0.05) is 31.8 Å². The Morgan fingerprint density at radius 1 is 1.25 bits per heavy atom. The van der Waals surface area contributed by atoms with Gasteiger partial charge in [-0.2, -0.15) is 0 Å². The van der Waals surface area contributed by atoms with Crippen LogP contribution in [0.5, 0.6) is 0 Å². The van der Waals surface area contributed by atoms with Crippen LogP contribution in [0.3, 0.4) is 0 Å². The number of ether oxygens (including phenoxy) is 1. The summed E-state index contributed by atoms with van der Waals surface area (Å²) in [4.78, 5) is 2.62. The number of nitrogens with zero attached hydrogens (tertiary/aromatic N) is 1. The zero-order valence-electron chi connectivity index (χ0n) is 11.3. The number of hydrogen-bond acceptors (Lipinski definition) is 3. The van der Waals surface area contributed by atoms with E-state index in [4.69, 9.17) is 4.74 Å². The largest absolute Gasteiger partial charge is 0.385 e. The second-order valence-corrected chi connectivity index (χ2v) is 5.21. The molecule has 1 N–H and O–H groups in total. The SMILES string of the molecule is COCCC(C)N1CCC(C)NC(C)CC1. The highest BCUT2D eigenvalue weighted by Gasteiger charge is 2.19. The molecule has 0 aromatic heterocycles. The first kappa shape index (κ1) is 13.9. The fourth-order valence-corrected chi connectivity index (χ4v) is 2.39. The molecule has 0 spiro atoms. The van der Waals surface area contributed by atoms with Gasteiger partial charge in [-0.25, -0.2) is 0 Å². The monoisotopic (exact) mass is 228 g/mol. The van der Waals surface area contributed by atoms with Crippen LogP contribution >= 0.6 is 0 Å². The topological polar surface area (TPSA) is 24.5 Å². The summed E-state index contributed by atoms with van der Waals surface area (Å²) >= 11 is 0. The minimum absolute atomic E-state index is 0.646. The predicted octanol–water partition coefficient (Wildman–Crippen LogP) is 1.87. The summed E-state index contributed by atoms with van der Waals surface area (Å²) in [7, 11) is 1.79. The standard InChI is InChI=1S/C13H28N2O/c1-11-5-8-15(9-6-12(2)14-11)13(3)7-10-16-4/h11-14H,5-10H2,1-4H3. The Kier molecular flexibility index (Phi) is 6.32. The van der Waals surface area contributed by atoms with Gasteiger partial charge in [-0.3, -0.25) is 0 Å². The van der Waals surface area contributed by atoms with E-state index in [0.717, 1.165) is 13.0 Å². The molecular formula is C13H28N2O. The third kappa shape index (κ3) is 4.81. The van der Waals surface area contributed by atoms with Gasteiger partial charge in [0.25, 0.3) is 0 Å². The van der Waals surface area contributed by atoms with Gasteiger partial charge in [-0.05, 0) is 53.1 Å². The first-order chi connectivity index (χ1) is 7.63. The Bertz CT molecular complexity index is 175. The number of nitrogens with one attached hydrogen (secondary N) is 1. The van der Waals surface area contributed by atoms with E-state index < -0.39 is 0 Å². The lowest BCUT2D eigenvalue weighted by molar-refractivity contribution is 0.124. The molecule has 3 heteroatoms. The normalized spacial score (nSPS) is 30.8. The lowest BCUT2D eigenvalue weighted by Gasteiger charge is -2.34. The van der Waals surface area contributed by atoms with Crippen molar-refractivity contribution in [3.63, 3.8) is 0 Å². The van der Waals surface area contributed by atoms with E-state index in [0.29, 0.717) is 18.1 Å². The smallest absolute Gasteiger partial charge is 0.0477 e. The van der Waals surface area contributed by atoms with E-state index in [1.807, 2.05) is 0 Å². The van der Waals surface area contributed by atoms with Crippen molar-refractivity contribution in [1.82, 2.24) is 10.2 Å². The van der Waals surface area contributed by atoms with Gasteiger partial charge in [0.15, 0.2) is 0 Å². The van der Waals surface area contributed by atoms with E-state index in [-0.39, 0.29) is 0 Å². The molecule has 96 valence electrons. The Labute approximate surface area is 101 Å². The molecule has 0 bridgehead atoms. The van der Waals surface area contributed by atoms with E-state index in [9.17, 15) is 0 Å². The van der Waals surface area contributed by atoms with Crippen LogP contribution in [0.15, 0.2) is 0 Å². The van der Waals surface area contributed by atoms with Crippen LogP contribution in [0.2, 0.25) is 0 Å². The van der Waals surface area contributed by atoms with Gasteiger partial charge in [0.05, 0.1) is 0 Å². The first-order valence-electron chi connectivity index (χ1n) is 6.62. The second-order valence-electron chi connectivity index (χ2n) is 5.21. The van der Waals surface area contributed by atoms with Crippen molar-refractivity contribution in [2.75, 3.05) is 26.8 Å². The molecule has 0 aromatic carbocycles. The molecule has 0 aromatic rings. The van der Waals surface area contributed by atoms with Crippen LogP contribution in [0.1, 0.15) is 40.0 Å². The first-order valence-corrected chi connectivity index (χ1v) is 6.62. The summed E-state index contributed by atoms with van der Waals surface area (Å²) in [6, 6.07) is 1.94. The minimum atomic E-state index is 0.646. The molecule has 0 saturated carbocycles. The fourth-order valence-electron chi connectivity index (χ4n) is 2.39. The molecule has 3 unspecified atom stereocenters. The molecule has 1 rings (SSSR count). The van der Waals surface area contributed by atoms with Crippen molar-refractivity contribution < 1.29 is 4.74 Å². The summed E-state index contributed by atoms with van der Waals surface area (Å²) < 4.78 is 5.16. The second kappa shape index (κ2) is 7.25. The molecule has 0 aliphatic carbocycles. The molecule has 0 amide bonds. The van der Waals surface area contributed by atoms with Gasteiger partial charge in [0.2, 0.25) is 0 Å². The van der Waals surface area contributed by atoms with Crippen LogP contribution < -0.4 is 5.32 Å². The molecule has 1 aliphatic rings. The lowest BCUT2D eigenvalue weighted by Crippen LogP contribution is -2.45. The molecule has 3 atom stereocenters.